The van der Waals surface area contributed by atoms with E-state index < -0.39 is 0 Å². The van der Waals surface area contributed by atoms with Gasteiger partial charge in [-0.1, -0.05) is 12.0 Å². The lowest BCUT2D eigenvalue weighted by Crippen LogP contribution is -2.47. The number of amides is 1. The van der Waals surface area contributed by atoms with E-state index in [0.717, 1.165) is 11.1 Å². The van der Waals surface area contributed by atoms with Gasteiger partial charge in [-0.25, -0.2) is 0 Å². The monoisotopic (exact) mass is 362 g/mol. The number of nitrogens with one attached hydrogen (secondary N) is 1. The Bertz CT molecular complexity index is 1010. The van der Waals surface area contributed by atoms with Crippen LogP contribution in [-0.4, -0.2) is 58.6 Å². The number of carbonyl (C=O) groups excluding carboxylic acids is 1. The maximum atomic E-state index is 12.8. The summed E-state index contributed by atoms with van der Waals surface area (Å²) in [7, 11) is 0. The maximum Gasteiger partial charge on any atom is 0.254 e. The normalized spacial score (nSPS) is 16.9. The molecule has 0 saturated carbocycles. The van der Waals surface area contributed by atoms with Crippen LogP contribution in [0.5, 0.6) is 5.75 Å². The molecule has 1 aromatic heterocycles. The number of aromatic amines is 1. The Labute approximate surface area is 156 Å². The van der Waals surface area contributed by atoms with Crippen LogP contribution in [0.15, 0.2) is 42.5 Å². The summed E-state index contributed by atoms with van der Waals surface area (Å²) in [5.74, 6) is 3.22. The molecule has 7 nitrogen and oxygen atoms in total. The summed E-state index contributed by atoms with van der Waals surface area (Å²) in [6, 6.07) is 12.6. The Balaban J connectivity index is 1.39. The Hall–Kier alpha value is -3.37. The fraction of sp³-hybridized carbons (Fsp3) is 0.250. The molecule has 1 aliphatic heterocycles. The number of aromatic nitrogens is 3. The van der Waals surface area contributed by atoms with E-state index >= 15 is 0 Å². The third kappa shape index (κ3) is 3.76. The molecule has 1 aliphatic rings. The molecule has 1 N–H and O–H groups in total. The smallest absolute Gasteiger partial charge is 0.254 e. The number of nitrogens with zero attached hydrogens (tertiary/aromatic N) is 3. The first-order chi connectivity index (χ1) is 13.2. The third-order valence-corrected chi connectivity index (χ3v) is 4.43. The molecule has 0 aliphatic carbocycles. The molecule has 1 atom stereocenters. The van der Waals surface area contributed by atoms with Crippen molar-refractivity contribution < 1.29 is 14.3 Å². The van der Waals surface area contributed by atoms with Gasteiger partial charge in [0.15, 0.2) is 0 Å². The predicted octanol–water partition coefficient (Wildman–Crippen LogP) is 1.86. The predicted molar refractivity (Wildman–Crippen MR) is 99.4 cm³/mol. The summed E-state index contributed by atoms with van der Waals surface area (Å²) >= 11 is 0. The van der Waals surface area contributed by atoms with Gasteiger partial charge in [0.25, 0.3) is 5.91 Å². The van der Waals surface area contributed by atoms with E-state index in [4.69, 9.17) is 15.9 Å². The van der Waals surface area contributed by atoms with E-state index in [-0.39, 0.29) is 12.0 Å². The van der Waals surface area contributed by atoms with Gasteiger partial charge in [-0.05, 0) is 36.4 Å². The molecule has 1 amide bonds. The highest BCUT2D eigenvalue weighted by Crippen LogP contribution is 2.17. The van der Waals surface area contributed by atoms with E-state index in [1.807, 2.05) is 18.2 Å². The number of fused-ring (bicyclic) bond motifs is 1. The van der Waals surface area contributed by atoms with Crippen LogP contribution in [-0.2, 0) is 4.74 Å². The third-order valence-electron chi connectivity index (χ3n) is 4.43. The van der Waals surface area contributed by atoms with Gasteiger partial charge in [-0.2, -0.15) is 15.4 Å². The fourth-order valence-corrected chi connectivity index (χ4v) is 3.03. The van der Waals surface area contributed by atoms with Gasteiger partial charge in [0, 0.05) is 17.7 Å². The Morgan fingerprint density at radius 2 is 2.19 bits per heavy atom. The van der Waals surface area contributed by atoms with E-state index in [1.54, 1.807) is 29.2 Å². The number of hydrogen-bond acceptors (Lipinski definition) is 5. The lowest BCUT2D eigenvalue weighted by atomic mass is 10.1. The summed E-state index contributed by atoms with van der Waals surface area (Å²) in [5.41, 5.74) is 2.74. The second-order valence-corrected chi connectivity index (χ2v) is 6.25. The molecule has 0 bridgehead atoms. The van der Waals surface area contributed by atoms with Crippen molar-refractivity contribution >= 4 is 16.9 Å². The molecule has 3 aromatic rings. The number of hydrogen-bond donors (Lipinski definition) is 1. The number of H-pyrrole nitrogens is 1. The highest BCUT2D eigenvalue weighted by molar-refractivity contribution is 5.97. The second-order valence-electron chi connectivity index (χ2n) is 6.25. The van der Waals surface area contributed by atoms with Crippen LogP contribution in [0, 0.1) is 12.3 Å². The molecule has 1 saturated heterocycles. The molecule has 2 aromatic carbocycles. The quantitative estimate of drug-likeness (QED) is 0.717. The van der Waals surface area contributed by atoms with Gasteiger partial charge >= 0.3 is 0 Å². The van der Waals surface area contributed by atoms with Crippen molar-refractivity contribution in [2.75, 3.05) is 26.3 Å². The van der Waals surface area contributed by atoms with E-state index in [9.17, 15) is 4.79 Å². The van der Waals surface area contributed by atoms with E-state index in [0.29, 0.717) is 43.1 Å². The van der Waals surface area contributed by atoms with Crippen molar-refractivity contribution in [2.45, 2.75) is 6.10 Å². The molecular formula is C20H18N4O3. The Kier molecular flexibility index (Phi) is 4.73. The summed E-state index contributed by atoms with van der Waals surface area (Å²) in [6.07, 6.45) is 5.21. The summed E-state index contributed by atoms with van der Waals surface area (Å²) in [6.45, 7) is 1.82. The molecule has 27 heavy (non-hydrogen) atoms. The van der Waals surface area contributed by atoms with Crippen molar-refractivity contribution in [1.82, 2.24) is 20.3 Å². The number of benzene rings is 2. The number of ether oxygens (including phenoxy) is 2. The van der Waals surface area contributed by atoms with Gasteiger partial charge < -0.3 is 14.4 Å². The molecule has 136 valence electrons. The summed E-state index contributed by atoms with van der Waals surface area (Å²) < 4.78 is 11.5. The molecule has 0 spiro atoms. The van der Waals surface area contributed by atoms with Crippen LogP contribution in [0.4, 0.5) is 0 Å². The lowest BCUT2D eigenvalue weighted by molar-refractivity contribution is -0.0401. The number of carbonyl (C=O) groups is 1. The minimum Gasteiger partial charge on any atom is -0.491 e. The first-order valence-electron chi connectivity index (χ1n) is 8.64. The van der Waals surface area contributed by atoms with Crippen molar-refractivity contribution in [2.24, 2.45) is 0 Å². The highest BCUT2D eigenvalue weighted by Gasteiger charge is 2.26. The van der Waals surface area contributed by atoms with Crippen LogP contribution < -0.4 is 4.74 Å². The zero-order valence-corrected chi connectivity index (χ0v) is 14.6. The standard InChI is InChI=1S/C20H18N4O3/c1-2-14-4-3-5-16(10-14)27-13-17-12-24(8-9-26-17)20(25)15-6-7-18-19(11-15)22-23-21-18/h1,3-7,10-11,17H,8-9,12-13H2,(H,21,22,23). The number of terminal acetylenes is 1. The fourth-order valence-electron chi connectivity index (χ4n) is 3.03. The zero-order chi connectivity index (χ0) is 18.6. The largest absolute Gasteiger partial charge is 0.491 e. The highest BCUT2D eigenvalue weighted by atomic mass is 16.5. The van der Waals surface area contributed by atoms with Crippen LogP contribution in [0.3, 0.4) is 0 Å². The van der Waals surface area contributed by atoms with E-state index in [1.165, 1.54) is 0 Å². The van der Waals surface area contributed by atoms with Crippen molar-refractivity contribution in [1.29, 1.82) is 0 Å². The van der Waals surface area contributed by atoms with Gasteiger partial charge in [0.1, 0.15) is 29.5 Å². The molecule has 1 fully saturated rings. The molecule has 1 unspecified atom stereocenters. The second kappa shape index (κ2) is 7.48. The van der Waals surface area contributed by atoms with Crippen LogP contribution in [0.1, 0.15) is 15.9 Å². The summed E-state index contributed by atoms with van der Waals surface area (Å²) in [5, 5.41) is 10.6. The molecule has 0 radical (unpaired) electrons. The number of rotatable bonds is 4. The summed E-state index contributed by atoms with van der Waals surface area (Å²) in [4.78, 5) is 14.6. The average molecular weight is 362 g/mol. The van der Waals surface area contributed by atoms with Crippen LogP contribution in [0.25, 0.3) is 11.0 Å². The maximum absolute atomic E-state index is 12.8. The minimum atomic E-state index is -0.201. The van der Waals surface area contributed by atoms with E-state index in [2.05, 4.69) is 21.3 Å². The molecule has 2 heterocycles. The first-order valence-corrected chi connectivity index (χ1v) is 8.64. The molecular weight excluding hydrogens is 344 g/mol. The van der Waals surface area contributed by atoms with Gasteiger partial charge in [-0.15, -0.1) is 6.42 Å². The van der Waals surface area contributed by atoms with Gasteiger partial charge in [0.2, 0.25) is 0 Å². The SMILES string of the molecule is C#Cc1cccc(OCC2CN(C(=O)c3ccc4n[nH]nc4c3)CCO2)c1. The van der Waals surface area contributed by atoms with Crippen molar-refractivity contribution in [3.05, 3.63) is 53.6 Å². The molecule has 7 heteroatoms. The van der Waals surface area contributed by atoms with Crippen LogP contribution >= 0.6 is 0 Å². The topological polar surface area (TPSA) is 80.3 Å². The molecule has 4 rings (SSSR count). The average Bonchev–Trinajstić information content (AvgIpc) is 3.20. The Morgan fingerprint density at radius 3 is 3.07 bits per heavy atom. The first kappa shape index (κ1) is 17.1. The van der Waals surface area contributed by atoms with Gasteiger partial charge in [-0.3, -0.25) is 4.79 Å². The van der Waals surface area contributed by atoms with Crippen LogP contribution in [0.2, 0.25) is 0 Å². The minimum absolute atomic E-state index is 0.0532. The lowest BCUT2D eigenvalue weighted by Gasteiger charge is -2.33. The van der Waals surface area contributed by atoms with Crippen molar-refractivity contribution in [3.63, 3.8) is 0 Å². The zero-order valence-electron chi connectivity index (χ0n) is 14.6. The van der Waals surface area contributed by atoms with Gasteiger partial charge in [0.05, 0.1) is 13.2 Å². The number of morpholine rings is 1. The Morgan fingerprint density at radius 1 is 1.30 bits per heavy atom. The van der Waals surface area contributed by atoms with Crippen molar-refractivity contribution in [3.8, 4) is 18.1 Å².